The fourth-order valence-electron chi connectivity index (χ4n) is 3.06. The first-order valence-electron chi connectivity index (χ1n) is 10.1. The first-order chi connectivity index (χ1) is 16.1. The summed E-state index contributed by atoms with van der Waals surface area (Å²) in [6.45, 7) is 2.08. The minimum Gasteiger partial charge on any atom is -0.496 e. The van der Waals surface area contributed by atoms with E-state index in [1.165, 1.54) is 34.2 Å². The molecule has 0 aliphatic rings. The number of thioether (sulfide) groups is 2. The number of hydrazone groups is 1. The minimum atomic E-state index is -0.209. The number of amides is 1. The van der Waals surface area contributed by atoms with E-state index in [1.807, 2.05) is 36.4 Å². The van der Waals surface area contributed by atoms with Crippen LogP contribution in [0.25, 0.3) is 10.8 Å². The van der Waals surface area contributed by atoms with Gasteiger partial charge in [-0.05, 0) is 29.3 Å². The summed E-state index contributed by atoms with van der Waals surface area (Å²) < 4.78 is 7.10. The van der Waals surface area contributed by atoms with Gasteiger partial charge in [0.05, 0.1) is 19.1 Å². The van der Waals surface area contributed by atoms with E-state index in [0.29, 0.717) is 5.75 Å². The number of hydrogen-bond acceptors (Lipinski definition) is 8. The molecule has 0 aliphatic heterocycles. The fraction of sp³-hybridized carbons (Fsp3) is 0.167. The van der Waals surface area contributed by atoms with Gasteiger partial charge in [0, 0.05) is 11.3 Å². The fourth-order valence-corrected chi connectivity index (χ4v) is 5.83. The molecular weight excluding hydrogens is 472 g/mol. The van der Waals surface area contributed by atoms with Gasteiger partial charge in [0.1, 0.15) is 5.75 Å². The molecule has 3 aromatic carbocycles. The molecule has 1 aromatic heterocycles. The van der Waals surface area contributed by atoms with E-state index in [0.717, 1.165) is 30.8 Å². The first kappa shape index (κ1) is 23.3. The number of nitrogens with one attached hydrogen (secondary N) is 1. The maximum atomic E-state index is 12.2. The number of hydrogen-bond donors (Lipinski definition) is 1. The third kappa shape index (κ3) is 6.34. The molecule has 0 saturated heterocycles. The van der Waals surface area contributed by atoms with Crippen molar-refractivity contribution < 1.29 is 9.53 Å². The highest BCUT2D eigenvalue weighted by Crippen LogP contribution is 2.31. The Morgan fingerprint density at radius 3 is 2.61 bits per heavy atom. The van der Waals surface area contributed by atoms with E-state index in [1.54, 1.807) is 25.1 Å². The molecule has 0 radical (unpaired) electrons. The van der Waals surface area contributed by atoms with Gasteiger partial charge in [-0.1, -0.05) is 95.0 Å². The van der Waals surface area contributed by atoms with Crippen LogP contribution in [0, 0.1) is 6.92 Å². The molecule has 4 rings (SSSR count). The summed E-state index contributed by atoms with van der Waals surface area (Å²) in [5.41, 5.74) is 5.90. The maximum absolute atomic E-state index is 12.2. The Morgan fingerprint density at radius 1 is 1.06 bits per heavy atom. The Bertz CT molecular complexity index is 1270. The van der Waals surface area contributed by atoms with Crippen molar-refractivity contribution in [2.75, 3.05) is 12.9 Å². The van der Waals surface area contributed by atoms with Crippen LogP contribution in [-0.4, -0.2) is 35.2 Å². The molecule has 168 valence electrons. The van der Waals surface area contributed by atoms with Gasteiger partial charge < -0.3 is 4.74 Å². The number of fused-ring (bicyclic) bond motifs is 1. The van der Waals surface area contributed by atoms with Crippen LogP contribution in [0.2, 0.25) is 0 Å². The third-order valence-corrected chi connectivity index (χ3v) is 7.99. The molecule has 1 heterocycles. The average Bonchev–Trinajstić information content (AvgIpc) is 3.30. The van der Waals surface area contributed by atoms with Gasteiger partial charge in [-0.15, -0.1) is 10.2 Å². The molecule has 0 aliphatic carbocycles. The number of ether oxygens (including phenoxy) is 1. The summed E-state index contributed by atoms with van der Waals surface area (Å²) in [7, 11) is 1.62. The van der Waals surface area contributed by atoms with Gasteiger partial charge in [0.15, 0.2) is 8.68 Å². The number of aromatic nitrogens is 2. The predicted molar refractivity (Wildman–Crippen MR) is 138 cm³/mol. The molecule has 0 bridgehead atoms. The predicted octanol–water partition coefficient (Wildman–Crippen LogP) is 5.54. The van der Waals surface area contributed by atoms with Crippen molar-refractivity contribution >= 4 is 57.8 Å². The highest BCUT2D eigenvalue weighted by Gasteiger charge is 2.10. The van der Waals surface area contributed by atoms with Crippen LogP contribution >= 0.6 is 34.9 Å². The number of aryl methyl sites for hydroxylation is 1. The van der Waals surface area contributed by atoms with Gasteiger partial charge in [0.25, 0.3) is 5.91 Å². The standard InChI is InChI=1S/C24H22N4O2S3/c1-16-7-9-17(10-8-16)14-31-23-27-28-24(33-23)32-15-22(29)26-25-13-20-19-6-4-3-5-18(19)11-12-21(20)30-2/h3-13H,14-15H2,1-2H3,(H,26,29). The summed E-state index contributed by atoms with van der Waals surface area (Å²) in [6.07, 6.45) is 1.62. The molecule has 9 heteroatoms. The Kier molecular flexibility index (Phi) is 7.98. The summed E-state index contributed by atoms with van der Waals surface area (Å²) in [6, 6.07) is 20.3. The molecular formula is C24H22N4O2S3. The van der Waals surface area contributed by atoms with Crippen LogP contribution in [-0.2, 0) is 10.5 Å². The van der Waals surface area contributed by atoms with Gasteiger partial charge in [-0.2, -0.15) is 5.10 Å². The molecule has 0 fully saturated rings. The maximum Gasteiger partial charge on any atom is 0.250 e. The Morgan fingerprint density at radius 2 is 1.82 bits per heavy atom. The van der Waals surface area contributed by atoms with E-state index >= 15 is 0 Å². The Balaban J connectivity index is 1.28. The van der Waals surface area contributed by atoms with Gasteiger partial charge in [0.2, 0.25) is 0 Å². The number of rotatable bonds is 9. The van der Waals surface area contributed by atoms with Crippen molar-refractivity contribution in [3.05, 3.63) is 77.4 Å². The molecule has 1 amide bonds. The van der Waals surface area contributed by atoms with Crippen molar-refractivity contribution in [3.8, 4) is 5.75 Å². The summed E-state index contributed by atoms with van der Waals surface area (Å²) >= 11 is 4.49. The lowest BCUT2D eigenvalue weighted by atomic mass is 10.0. The smallest absolute Gasteiger partial charge is 0.250 e. The molecule has 6 nitrogen and oxygen atoms in total. The molecule has 1 N–H and O–H groups in total. The molecule has 0 spiro atoms. The second-order valence-corrected chi connectivity index (χ2v) is 10.5. The highest BCUT2D eigenvalue weighted by molar-refractivity contribution is 8.03. The van der Waals surface area contributed by atoms with Crippen molar-refractivity contribution in [1.29, 1.82) is 0 Å². The van der Waals surface area contributed by atoms with Crippen LogP contribution < -0.4 is 10.2 Å². The van der Waals surface area contributed by atoms with Gasteiger partial charge in [-0.25, -0.2) is 5.43 Å². The number of nitrogens with zero attached hydrogens (tertiary/aromatic N) is 3. The van der Waals surface area contributed by atoms with Crippen molar-refractivity contribution in [2.45, 2.75) is 21.4 Å². The zero-order chi connectivity index (χ0) is 23.0. The molecule has 0 saturated carbocycles. The molecule has 0 atom stereocenters. The highest BCUT2D eigenvalue weighted by atomic mass is 32.2. The van der Waals surface area contributed by atoms with Crippen LogP contribution in [0.3, 0.4) is 0 Å². The minimum absolute atomic E-state index is 0.209. The third-order valence-electron chi connectivity index (χ3n) is 4.73. The number of methoxy groups -OCH3 is 1. The zero-order valence-electron chi connectivity index (χ0n) is 18.1. The van der Waals surface area contributed by atoms with Crippen molar-refractivity contribution in [2.24, 2.45) is 5.10 Å². The lowest BCUT2D eigenvalue weighted by molar-refractivity contribution is -0.118. The van der Waals surface area contributed by atoms with E-state index in [9.17, 15) is 4.79 Å². The Labute approximate surface area is 204 Å². The number of carbonyl (C=O) groups excluding carboxylic acids is 1. The van der Waals surface area contributed by atoms with Gasteiger partial charge in [-0.3, -0.25) is 4.79 Å². The summed E-state index contributed by atoms with van der Waals surface area (Å²) in [5.74, 6) is 1.54. The van der Waals surface area contributed by atoms with Crippen LogP contribution in [0.15, 0.2) is 74.4 Å². The zero-order valence-corrected chi connectivity index (χ0v) is 20.6. The summed E-state index contributed by atoms with van der Waals surface area (Å²) in [4.78, 5) is 12.2. The number of carbonyl (C=O) groups is 1. The second kappa shape index (κ2) is 11.3. The van der Waals surface area contributed by atoms with E-state index in [-0.39, 0.29) is 11.7 Å². The van der Waals surface area contributed by atoms with E-state index in [2.05, 4.69) is 51.9 Å². The first-order valence-corrected chi connectivity index (χ1v) is 12.9. The molecule has 4 aromatic rings. The lowest BCUT2D eigenvalue weighted by Gasteiger charge is -2.08. The summed E-state index contributed by atoms with van der Waals surface area (Å²) in [5, 5.41) is 14.6. The quantitative estimate of drug-likeness (QED) is 0.187. The topological polar surface area (TPSA) is 76.5 Å². The van der Waals surface area contributed by atoms with Crippen LogP contribution in [0.4, 0.5) is 0 Å². The van der Waals surface area contributed by atoms with Gasteiger partial charge >= 0.3 is 0 Å². The van der Waals surface area contributed by atoms with Crippen molar-refractivity contribution in [3.63, 3.8) is 0 Å². The largest absolute Gasteiger partial charge is 0.496 e. The van der Waals surface area contributed by atoms with E-state index < -0.39 is 0 Å². The van der Waals surface area contributed by atoms with Crippen LogP contribution in [0.5, 0.6) is 5.75 Å². The molecule has 0 unspecified atom stereocenters. The van der Waals surface area contributed by atoms with E-state index in [4.69, 9.17) is 4.74 Å². The SMILES string of the molecule is COc1ccc2ccccc2c1C=NNC(=O)CSc1nnc(SCc2ccc(C)cc2)s1. The average molecular weight is 495 g/mol. The lowest BCUT2D eigenvalue weighted by Crippen LogP contribution is -2.19. The van der Waals surface area contributed by atoms with Crippen LogP contribution in [0.1, 0.15) is 16.7 Å². The number of benzene rings is 3. The second-order valence-electron chi connectivity index (χ2n) is 7.09. The monoisotopic (exact) mass is 494 g/mol. The molecule has 33 heavy (non-hydrogen) atoms. The Hall–Kier alpha value is -2.88. The van der Waals surface area contributed by atoms with Crippen molar-refractivity contribution in [1.82, 2.24) is 15.6 Å². The normalized spacial score (nSPS) is 11.2.